The number of carbonyl (C=O) groups is 2. The van der Waals surface area contributed by atoms with E-state index in [2.05, 4.69) is 25.8 Å². The van der Waals surface area contributed by atoms with Crippen LogP contribution in [0.4, 0.5) is 0 Å². The quantitative estimate of drug-likeness (QED) is 0.428. The summed E-state index contributed by atoms with van der Waals surface area (Å²) in [7, 11) is 0. The highest BCUT2D eigenvalue weighted by molar-refractivity contribution is 5.87. The lowest BCUT2D eigenvalue weighted by molar-refractivity contribution is -0.152. The van der Waals surface area contributed by atoms with E-state index in [1.807, 2.05) is 58.0 Å². The van der Waals surface area contributed by atoms with E-state index in [0.29, 0.717) is 18.8 Å². The van der Waals surface area contributed by atoms with Crippen molar-refractivity contribution in [1.82, 2.24) is 4.98 Å². The number of aliphatic hydroxyl groups is 1. The van der Waals surface area contributed by atoms with Gasteiger partial charge in [0, 0.05) is 29.3 Å². The Bertz CT molecular complexity index is 1060. The second kappa shape index (κ2) is 11.4. The summed E-state index contributed by atoms with van der Waals surface area (Å²) in [5.74, 6) is -0.404. The van der Waals surface area contributed by atoms with Crippen molar-refractivity contribution in [3.63, 3.8) is 0 Å². The van der Waals surface area contributed by atoms with Gasteiger partial charge in [0.15, 0.2) is 0 Å². The lowest BCUT2D eigenvalue weighted by atomic mass is 9.71. The predicted octanol–water partition coefficient (Wildman–Crippen LogP) is 7.06. The number of pyridine rings is 1. The van der Waals surface area contributed by atoms with E-state index in [0.717, 1.165) is 35.7 Å². The number of cyclic esters (lactones) is 1. The number of carbonyl (C=O) groups excluding carboxylic acids is 2. The van der Waals surface area contributed by atoms with E-state index in [1.54, 1.807) is 6.20 Å². The second-order valence-corrected chi connectivity index (χ2v) is 12.5. The highest BCUT2D eigenvalue weighted by Crippen LogP contribution is 2.41. The number of fused-ring (bicyclic) bond motifs is 1. The number of ether oxygens (including phenoxy) is 1. The Morgan fingerprint density at radius 3 is 2.47 bits per heavy atom. The summed E-state index contributed by atoms with van der Waals surface area (Å²) in [4.78, 5) is 30.8. The number of esters is 1. The van der Waals surface area contributed by atoms with E-state index in [1.165, 1.54) is 0 Å². The summed E-state index contributed by atoms with van der Waals surface area (Å²) in [6, 6.07) is 10.1. The van der Waals surface area contributed by atoms with Crippen LogP contribution in [0.3, 0.4) is 0 Å². The zero-order valence-electron chi connectivity index (χ0n) is 23.2. The summed E-state index contributed by atoms with van der Waals surface area (Å²) in [5, 5.41) is 12.0. The molecular weight excluding hydrogens is 450 g/mol. The molecule has 1 fully saturated rings. The maximum Gasteiger partial charge on any atom is 0.306 e. The summed E-state index contributed by atoms with van der Waals surface area (Å²) in [6.45, 7) is 14.4. The van der Waals surface area contributed by atoms with Gasteiger partial charge in [0.25, 0.3) is 0 Å². The number of Topliss-reactive ketones (excluding diaryl/α,β-unsaturated/α-hetero) is 1. The zero-order valence-corrected chi connectivity index (χ0v) is 23.2. The molecule has 1 aliphatic rings. The van der Waals surface area contributed by atoms with Gasteiger partial charge in [-0.05, 0) is 60.6 Å². The average Bonchev–Trinajstić information content (AvgIpc) is 2.84. The van der Waals surface area contributed by atoms with Crippen LogP contribution in [0.5, 0.6) is 0 Å². The fourth-order valence-electron chi connectivity index (χ4n) is 5.49. The highest BCUT2D eigenvalue weighted by atomic mass is 16.5. The molecule has 36 heavy (non-hydrogen) atoms. The Morgan fingerprint density at radius 1 is 1.03 bits per heavy atom. The van der Waals surface area contributed by atoms with Gasteiger partial charge in [0.1, 0.15) is 11.9 Å². The first-order chi connectivity index (χ1) is 16.8. The Labute approximate surface area is 217 Å². The molecule has 0 radical (unpaired) electrons. The van der Waals surface area contributed by atoms with Crippen LogP contribution >= 0.6 is 0 Å². The molecule has 5 nitrogen and oxygen atoms in total. The lowest BCUT2D eigenvalue weighted by Gasteiger charge is -2.36. The minimum Gasteiger partial charge on any atom is -0.457 e. The van der Waals surface area contributed by atoms with Gasteiger partial charge in [-0.2, -0.15) is 0 Å². The first-order valence-corrected chi connectivity index (χ1v) is 13.6. The Kier molecular flexibility index (Phi) is 8.97. The molecule has 0 spiro atoms. The van der Waals surface area contributed by atoms with E-state index in [4.69, 9.17) is 4.74 Å². The average molecular weight is 496 g/mol. The van der Waals surface area contributed by atoms with Crippen molar-refractivity contribution in [3.05, 3.63) is 42.1 Å². The summed E-state index contributed by atoms with van der Waals surface area (Å²) >= 11 is 0. The first kappa shape index (κ1) is 28.3. The van der Waals surface area contributed by atoms with Crippen molar-refractivity contribution in [2.45, 2.75) is 99.2 Å². The molecule has 1 N–H and O–H groups in total. The predicted molar refractivity (Wildman–Crippen MR) is 144 cm³/mol. The molecule has 0 bridgehead atoms. The van der Waals surface area contributed by atoms with Crippen molar-refractivity contribution in [1.29, 1.82) is 0 Å². The Hall–Kier alpha value is -2.27. The maximum atomic E-state index is 13.3. The van der Waals surface area contributed by atoms with Crippen LogP contribution in [-0.4, -0.2) is 27.9 Å². The molecule has 3 rings (SSSR count). The molecule has 1 aromatic carbocycles. The van der Waals surface area contributed by atoms with Gasteiger partial charge in [-0.15, -0.1) is 0 Å². The van der Waals surface area contributed by atoms with Crippen LogP contribution in [0.15, 0.2) is 36.5 Å². The highest BCUT2D eigenvalue weighted by Gasteiger charge is 2.38. The fraction of sp³-hybridized carbons (Fsp3) is 0.645. The van der Waals surface area contributed by atoms with Crippen molar-refractivity contribution < 1.29 is 19.4 Å². The van der Waals surface area contributed by atoms with Crippen molar-refractivity contribution in [2.75, 3.05) is 0 Å². The Morgan fingerprint density at radius 2 is 1.75 bits per heavy atom. The summed E-state index contributed by atoms with van der Waals surface area (Å²) in [5.41, 5.74) is 1.16. The van der Waals surface area contributed by atoms with Crippen molar-refractivity contribution in [2.24, 2.45) is 28.6 Å². The lowest BCUT2D eigenvalue weighted by Crippen LogP contribution is -2.39. The molecular formula is C31H45NO4. The molecule has 2 heterocycles. The standard InChI is InChI=1S/C31H45NO4/c1-20-10-8-15-30(4,5)21(2)18-26(24-13-12-23-11-9-17-32-25(23)19-24)36-27(33)14-16-31(6,7)29(35)22(3)28(20)34/h9,11-13,17,19-22,26,28,34H,8,10,14-16,18H2,1-7H3/t20-,21-,22+,26-,28-/m0/s1. The van der Waals surface area contributed by atoms with Crippen LogP contribution < -0.4 is 0 Å². The fourth-order valence-corrected chi connectivity index (χ4v) is 5.49. The van der Waals surface area contributed by atoms with E-state index < -0.39 is 17.4 Å². The van der Waals surface area contributed by atoms with Gasteiger partial charge in [-0.25, -0.2) is 0 Å². The SMILES string of the molecule is C[C@H]1CCCC(C)(C)[C@@H](C)C[C@@H](c2ccc3cccnc3c2)OC(=O)CCC(C)(C)C(=O)[C@H](C)[C@H]1O. The van der Waals surface area contributed by atoms with Gasteiger partial charge in [-0.1, -0.05) is 73.1 Å². The number of hydrogen-bond donors (Lipinski definition) is 1. The summed E-state index contributed by atoms with van der Waals surface area (Å²) < 4.78 is 6.12. The zero-order chi connectivity index (χ0) is 26.7. The van der Waals surface area contributed by atoms with Crippen LogP contribution in [0.2, 0.25) is 0 Å². The Balaban J connectivity index is 1.91. The van der Waals surface area contributed by atoms with E-state index in [9.17, 15) is 14.7 Å². The van der Waals surface area contributed by atoms with E-state index >= 15 is 0 Å². The van der Waals surface area contributed by atoms with Gasteiger partial charge < -0.3 is 9.84 Å². The number of nitrogens with zero attached hydrogens (tertiary/aromatic N) is 1. The minimum absolute atomic E-state index is 0.00727. The van der Waals surface area contributed by atoms with Crippen LogP contribution in [-0.2, 0) is 14.3 Å². The molecule has 5 atom stereocenters. The molecule has 198 valence electrons. The molecule has 5 heteroatoms. The molecule has 0 unspecified atom stereocenters. The van der Waals surface area contributed by atoms with Gasteiger partial charge in [-0.3, -0.25) is 14.6 Å². The van der Waals surface area contributed by atoms with Crippen LogP contribution in [0.1, 0.15) is 98.7 Å². The number of hydrogen-bond acceptors (Lipinski definition) is 5. The third-order valence-electron chi connectivity index (χ3n) is 8.79. The first-order valence-electron chi connectivity index (χ1n) is 13.6. The number of ketones is 1. The molecule has 0 saturated carbocycles. The number of rotatable bonds is 1. The number of benzene rings is 1. The maximum absolute atomic E-state index is 13.3. The smallest absolute Gasteiger partial charge is 0.306 e. The van der Waals surface area contributed by atoms with Gasteiger partial charge in [0.2, 0.25) is 0 Å². The summed E-state index contributed by atoms with van der Waals surface area (Å²) in [6.07, 6.45) is 4.86. The number of aliphatic hydroxyl groups excluding tert-OH is 1. The molecule has 2 aromatic rings. The molecule has 0 aliphatic carbocycles. The molecule has 1 aromatic heterocycles. The van der Waals surface area contributed by atoms with Crippen LogP contribution in [0, 0.1) is 28.6 Å². The largest absolute Gasteiger partial charge is 0.457 e. The normalized spacial score (nSPS) is 30.6. The third-order valence-corrected chi connectivity index (χ3v) is 8.79. The minimum atomic E-state index is -0.714. The molecule has 1 aliphatic heterocycles. The molecule has 1 saturated heterocycles. The second-order valence-electron chi connectivity index (χ2n) is 12.5. The van der Waals surface area contributed by atoms with E-state index in [-0.39, 0.29) is 35.6 Å². The molecule has 0 amide bonds. The number of aromatic nitrogens is 1. The van der Waals surface area contributed by atoms with Crippen molar-refractivity contribution in [3.8, 4) is 0 Å². The van der Waals surface area contributed by atoms with Crippen molar-refractivity contribution >= 4 is 22.7 Å². The van der Waals surface area contributed by atoms with Crippen LogP contribution in [0.25, 0.3) is 10.9 Å². The van der Waals surface area contributed by atoms with Gasteiger partial charge in [0.05, 0.1) is 11.6 Å². The topological polar surface area (TPSA) is 76.5 Å². The van der Waals surface area contributed by atoms with Gasteiger partial charge >= 0.3 is 5.97 Å². The third kappa shape index (κ3) is 6.73. The monoisotopic (exact) mass is 495 g/mol.